The second kappa shape index (κ2) is 4.15. The highest BCUT2D eigenvalue weighted by molar-refractivity contribution is 7.17. The van der Waals surface area contributed by atoms with Gasteiger partial charge >= 0.3 is 0 Å². The fraction of sp³-hybridized carbons (Fsp3) is 0. The Hall–Kier alpha value is -1.93. The summed E-state index contributed by atoms with van der Waals surface area (Å²) >= 11 is 1.75. The van der Waals surface area contributed by atoms with Crippen molar-refractivity contribution in [2.24, 2.45) is 0 Å². The van der Waals surface area contributed by atoms with Gasteiger partial charge in [0.15, 0.2) is 0 Å². The standard InChI is InChI=1S/C15H10OS/c16-10-11-4-6-12(7-5-11)13-2-1-3-15-14(13)8-9-17-15/h1-10H. The van der Waals surface area contributed by atoms with E-state index in [1.165, 1.54) is 15.6 Å². The van der Waals surface area contributed by atoms with Gasteiger partial charge in [-0.15, -0.1) is 11.3 Å². The number of benzene rings is 2. The minimum Gasteiger partial charge on any atom is -0.298 e. The number of carbonyl (C=O) groups is 1. The van der Waals surface area contributed by atoms with Crippen molar-refractivity contribution < 1.29 is 4.79 Å². The van der Waals surface area contributed by atoms with E-state index < -0.39 is 0 Å². The van der Waals surface area contributed by atoms with E-state index in [1.807, 2.05) is 24.3 Å². The average Bonchev–Trinajstić information content (AvgIpc) is 2.87. The van der Waals surface area contributed by atoms with Crippen molar-refractivity contribution in [2.75, 3.05) is 0 Å². The van der Waals surface area contributed by atoms with Crippen LogP contribution in [0.5, 0.6) is 0 Å². The average molecular weight is 238 g/mol. The molecule has 1 aromatic heterocycles. The highest BCUT2D eigenvalue weighted by Gasteiger charge is 2.04. The van der Waals surface area contributed by atoms with E-state index in [4.69, 9.17) is 0 Å². The van der Waals surface area contributed by atoms with Gasteiger partial charge in [0, 0.05) is 15.6 Å². The Kier molecular flexibility index (Phi) is 2.50. The summed E-state index contributed by atoms with van der Waals surface area (Å²) in [7, 11) is 0. The predicted octanol–water partition coefficient (Wildman–Crippen LogP) is 4.38. The molecule has 0 aliphatic carbocycles. The number of carbonyl (C=O) groups excluding carboxylic acids is 1. The molecule has 2 heteroatoms. The van der Waals surface area contributed by atoms with Crippen LogP contribution in [-0.4, -0.2) is 6.29 Å². The van der Waals surface area contributed by atoms with Crippen molar-refractivity contribution >= 4 is 27.7 Å². The quantitative estimate of drug-likeness (QED) is 0.605. The Morgan fingerprint density at radius 1 is 0.941 bits per heavy atom. The third kappa shape index (κ3) is 1.77. The maximum Gasteiger partial charge on any atom is 0.150 e. The van der Waals surface area contributed by atoms with Crippen LogP contribution in [0, 0.1) is 0 Å². The van der Waals surface area contributed by atoms with Crippen LogP contribution in [0.25, 0.3) is 21.2 Å². The Labute approximate surface area is 103 Å². The molecule has 0 saturated carbocycles. The SMILES string of the molecule is O=Cc1ccc(-c2cccc3sccc23)cc1. The van der Waals surface area contributed by atoms with E-state index in [0.29, 0.717) is 5.56 Å². The van der Waals surface area contributed by atoms with E-state index >= 15 is 0 Å². The molecule has 3 rings (SSSR count). The van der Waals surface area contributed by atoms with Crippen molar-refractivity contribution in [3.05, 3.63) is 59.5 Å². The first-order valence-electron chi connectivity index (χ1n) is 5.40. The molecule has 0 aliphatic rings. The maximum absolute atomic E-state index is 10.6. The molecule has 17 heavy (non-hydrogen) atoms. The van der Waals surface area contributed by atoms with Gasteiger partial charge in [0.1, 0.15) is 6.29 Å². The molecule has 0 bridgehead atoms. The monoisotopic (exact) mass is 238 g/mol. The fourth-order valence-corrected chi connectivity index (χ4v) is 2.80. The molecule has 3 aromatic rings. The number of fused-ring (bicyclic) bond motifs is 1. The second-order valence-corrected chi connectivity index (χ2v) is 4.83. The lowest BCUT2D eigenvalue weighted by Crippen LogP contribution is -1.81. The molecular formula is C15H10OS. The lowest BCUT2D eigenvalue weighted by atomic mass is 10.0. The molecule has 0 unspecified atom stereocenters. The van der Waals surface area contributed by atoms with Gasteiger partial charge in [-0.25, -0.2) is 0 Å². The molecule has 2 aromatic carbocycles. The van der Waals surface area contributed by atoms with Crippen LogP contribution in [0.2, 0.25) is 0 Å². The van der Waals surface area contributed by atoms with Gasteiger partial charge in [-0.1, -0.05) is 36.4 Å². The van der Waals surface area contributed by atoms with Gasteiger partial charge in [-0.3, -0.25) is 4.79 Å². The zero-order valence-corrected chi connectivity index (χ0v) is 9.91. The summed E-state index contributed by atoms with van der Waals surface area (Å²) in [4.78, 5) is 10.6. The highest BCUT2D eigenvalue weighted by Crippen LogP contribution is 2.31. The number of hydrogen-bond acceptors (Lipinski definition) is 2. The zero-order valence-electron chi connectivity index (χ0n) is 9.09. The van der Waals surface area contributed by atoms with Crippen LogP contribution in [-0.2, 0) is 0 Å². The van der Waals surface area contributed by atoms with Crippen LogP contribution < -0.4 is 0 Å². The van der Waals surface area contributed by atoms with E-state index in [9.17, 15) is 4.79 Å². The molecule has 0 aliphatic heterocycles. The highest BCUT2D eigenvalue weighted by atomic mass is 32.1. The normalized spacial score (nSPS) is 10.6. The molecule has 0 radical (unpaired) electrons. The molecule has 0 fully saturated rings. The van der Waals surface area contributed by atoms with E-state index in [2.05, 4.69) is 29.6 Å². The fourth-order valence-electron chi connectivity index (χ4n) is 1.99. The molecule has 1 nitrogen and oxygen atoms in total. The predicted molar refractivity (Wildman–Crippen MR) is 72.6 cm³/mol. The molecule has 0 spiro atoms. The molecule has 0 N–H and O–H groups in total. The molecule has 1 heterocycles. The van der Waals surface area contributed by atoms with Crippen LogP contribution >= 0.6 is 11.3 Å². The summed E-state index contributed by atoms with van der Waals surface area (Å²) in [6.07, 6.45) is 0.870. The molecule has 82 valence electrons. The van der Waals surface area contributed by atoms with Crippen molar-refractivity contribution in [3.63, 3.8) is 0 Å². The molecular weight excluding hydrogens is 228 g/mol. The number of hydrogen-bond donors (Lipinski definition) is 0. The maximum atomic E-state index is 10.6. The summed E-state index contributed by atoms with van der Waals surface area (Å²) in [6, 6.07) is 16.2. The Balaban J connectivity index is 2.19. The van der Waals surface area contributed by atoms with Crippen molar-refractivity contribution in [3.8, 4) is 11.1 Å². The first-order valence-corrected chi connectivity index (χ1v) is 6.28. The minimum atomic E-state index is 0.714. The molecule has 0 atom stereocenters. The largest absolute Gasteiger partial charge is 0.298 e. The number of aldehydes is 1. The zero-order chi connectivity index (χ0) is 11.7. The minimum absolute atomic E-state index is 0.714. The van der Waals surface area contributed by atoms with E-state index in [-0.39, 0.29) is 0 Å². The van der Waals surface area contributed by atoms with E-state index in [0.717, 1.165) is 11.8 Å². The van der Waals surface area contributed by atoms with Crippen molar-refractivity contribution in [1.29, 1.82) is 0 Å². The van der Waals surface area contributed by atoms with Crippen molar-refractivity contribution in [2.45, 2.75) is 0 Å². The second-order valence-electron chi connectivity index (χ2n) is 3.88. The summed E-state index contributed by atoms with van der Waals surface area (Å²) in [5.74, 6) is 0. The Bertz CT molecular complexity index is 665. The van der Waals surface area contributed by atoms with Gasteiger partial charge < -0.3 is 0 Å². The smallest absolute Gasteiger partial charge is 0.150 e. The first-order chi connectivity index (χ1) is 8.38. The summed E-state index contributed by atoms with van der Waals surface area (Å²) in [5.41, 5.74) is 3.09. The van der Waals surface area contributed by atoms with Gasteiger partial charge in [-0.2, -0.15) is 0 Å². The van der Waals surface area contributed by atoms with Gasteiger partial charge in [0.05, 0.1) is 0 Å². The lowest BCUT2D eigenvalue weighted by molar-refractivity contribution is 0.112. The van der Waals surface area contributed by atoms with Crippen molar-refractivity contribution in [1.82, 2.24) is 0 Å². The molecule has 0 amide bonds. The third-order valence-electron chi connectivity index (χ3n) is 2.85. The van der Waals surface area contributed by atoms with Crippen LogP contribution in [0.3, 0.4) is 0 Å². The van der Waals surface area contributed by atoms with Crippen LogP contribution in [0.1, 0.15) is 10.4 Å². The van der Waals surface area contributed by atoms with Crippen LogP contribution in [0.15, 0.2) is 53.9 Å². The summed E-state index contributed by atoms with van der Waals surface area (Å²) < 4.78 is 1.29. The van der Waals surface area contributed by atoms with E-state index in [1.54, 1.807) is 11.3 Å². The van der Waals surface area contributed by atoms with Gasteiger partial charge in [-0.05, 0) is 28.6 Å². The van der Waals surface area contributed by atoms with Gasteiger partial charge in [0.25, 0.3) is 0 Å². The molecule has 0 saturated heterocycles. The summed E-state index contributed by atoms with van der Waals surface area (Å²) in [5, 5.41) is 3.38. The summed E-state index contributed by atoms with van der Waals surface area (Å²) in [6.45, 7) is 0. The topological polar surface area (TPSA) is 17.1 Å². The van der Waals surface area contributed by atoms with Crippen LogP contribution in [0.4, 0.5) is 0 Å². The lowest BCUT2D eigenvalue weighted by Gasteiger charge is -2.03. The third-order valence-corrected chi connectivity index (χ3v) is 3.74. The Morgan fingerprint density at radius 3 is 2.53 bits per heavy atom. The number of thiophene rings is 1. The first kappa shape index (κ1) is 10.2. The number of rotatable bonds is 2. The Morgan fingerprint density at radius 2 is 1.76 bits per heavy atom. The van der Waals surface area contributed by atoms with Gasteiger partial charge in [0.2, 0.25) is 0 Å².